The molecule has 0 aromatic heterocycles. The van der Waals surface area contributed by atoms with Crippen LogP contribution in [0.3, 0.4) is 0 Å². The molecule has 3 rings (SSSR count). The molecule has 4 heteroatoms. The van der Waals surface area contributed by atoms with E-state index in [1.807, 2.05) is 0 Å². The Hall–Kier alpha value is -1.06. The van der Waals surface area contributed by atoms with Crippen molar-refractivity contribution in [3.05, 3.63) is 0 Å². The number of hydrogen-bond donors (Lipinski definition) is 2. The SMILES string of the molecule is CC1(C)C2CCC1(C)C(NC(=O)CCNC(=O)C1CCCC1)C2. The van der Waals surface area contributed by atoms with Crippen LogP contribution in [0.15, 0.2) is 0 Å². The summed E-state index contributed by atoms with van der Waals surface area (Å²) in [5.41, 5.74) is 0.544. The van der Waals surface area contributed by atoms with Gasteiger partial charge in [0, 0.05) is 24.9 Å². The summed E-state index contributed by atoms with van der Waals surface area (Å²) in [6, 6.07) is 0.300. The van der Waals surface area contributed by atoms with E-state index in [1.165, 1.54) is 12.8 Å². The Bertz CT molecular complexity index is 482. The summed E-state index contributed by atoms with van der Waals surface area (Å²) >= 11 is 0. The molecule has 3 saturated carbocycles. The highest BCUT2D eigenvalue weighted by molar-refractivity contribution is 5.80. The predicted molar refractivity (Wildman–Crippen MR) is 90.7 cm³/mol. The molecular formula is C19H32N2O2. The van der Waals surface area contributed by atoms with Gasteiger partial charge in [0.05, 0.1) is 0 Å². The summed E-state index contributed by atoms with van der Waals surface area (Å²) in [7, 11) is 0. The Morgan fingerprint density at radius 2 is 1.78 bits per heavy atom. The monoisotopic (exact) mass is 320 g/mol. The highest BCUT2D eigenvalue weighted by atomic mass is 16.2. The van der Waals surface area contributed by atoms with Gasteiger partial charge in [-0.05, 0) is 48.9 Å². The van der Waals surface area contributed by atoms with Gasteiger partial charge in [0.25, 0.3) is 0 Å². The van der Waals surface area contributed by atoms with Crippen molar-refractivity contribution in [2.24, 2.45) is 22.7 Å². The zero-order chi connectivity index (χ0) is 16.7. The third-order valence-corrected chi connectivity index (χ3v) is 7.51. The summed E-state index contributed by atoms with van der Waals surface area (Å²) in [6.07, 6.45) is 8.37. The molecule has 0 aromatic carbocycles. The Morgan fingerprint density at radius 3 is 2.35 bits per heavy atom. The molecule has 0 heterocycles. The summed E-state index contributed by atoms with van der Waals surface area (Å²) in [6.45, 7) is 7.53. The average Bonchev–Trinajstić information content (AvgIpc) is 3.13. The zero-order valence-corrected chi connectivity index (χ0v) is 14.9. The number of carbonyl (C=O) groups is 2. The maximum Gasteiger partial charge on any atom is 0.223 e. The van der Waals surface area contributed by atoms with Crippen LogP contribution in [0.4, 0.5) is 0 Å². The fraction of sp³-hybridized carbons (Fsp3) is 0.895. The number of nitrogens with one attached hydrogen (secondary N) is 2. The van der Waals surface area contributed by atoms with Crippen molar-refractivity contribution in [1.82, 2.24) is 10.6 Å². The fourth-order valence-electron chi connectivity index (χ4n) is 5.32. The topological polar surface area (TPSA) is 58.2 Å². The van der Waals surface area contributed by atoms with E-state index >= 15 is 0 Å². The molecule has 2 amide bonds. The lowest BCUT2D eigenvalue weighted by atomic mass is 9.69. The summed E-state index contributed by atoms with van der Waals surface area (Å²) in [4.78, 5) is 24.2. The first-order valence-electron chi connectivity index (χ1n) is 9.41. The molecule has 0 aromatic rings. The first kappa shape index (κ1) is 16.8. The van der Waals surface area contributed by atoms with Gasteiger partial charge < -0.3 is 10.6 Å². The van der Waals surface area contributed by atoms with Gasteiger partial charge in [0.15, 0.2) is 0 Å². The molecule has 3 fully saturated rings. The second-order valence-electron chi connectivity index (χ2n) is 8.75. The van der Waals surface area contributed by atoms with Gasteiger partial charge in [-0.2, -0.15) is 0 Å². The molecule has 0 spiro atoms. The second-order valence-corrected chi connectivity index (χ2v) is 8.75. The van der Waals surface area contributed by atoms with E-state index in [1.54, 1.807) is 0 Å². The van der Waals surface area contributed by atoms with E-state index in [0.29, 0.717) is 24.4 Å². The van der Waals surface area contributed by atoms with E-state index in [-0.39, 0.29) is 23.1 Å². The predicted octanol–water partition coefficient (Wildman–Crippen LogP) is 3.01. The molecule has 3 aliphatic rings. The zero-order valence-electron chi connectivity index (χ0n) is 14.9. The standard InChI is InChI=1S/C19H32N2O2/c1-18(2)14-8-10-19(18,3)15(12-14)21-16(22)9-11-20-17(23)13-6-4-5-7-13/h13-15H,4-12H2,1-3H3,(H,20,23)(H,21,22). The van der Waals surface area contributed by atoms with Crippen LogP contribution in [0.25, 0.3) is 0 Å². The highest BCUT2D eigenvalue weighted by Gasteiger charge is 2.61. The van der Waals surface area contributed by atoms with Crippen molar-refractivity contribution in [2.45, 2.75) is 78.2 Å². The molecule has 3 unspecified atom stereocenters. The second kappa shape index (κ2) is 6.10. The van der Waals surface area contributed by atoms with Gasteiger partial charge in [0.2, 0.25) is 11.8 Å². The van der Waals surface area contributed by atoms with Crippen molar-refractivity contribution in [3.8, 4) is 0 Å². The summed E-state index contributed by atoms with van der Waals surface area (Å²) in [5, 5.41) is 6.20. The van der Waals surface area contributed by atoms with Gasteiger partial charge in [-0.1, -0.05) is 33.6 Å². The molecule has 130 valence electrons. The van der Waals surface area contributed by atoms with Crippen molar-refractivity contribution in [2.75, 3.05) is 6.54 Å². The number of rotatable bonds is 5. The third kappa shape index (κ3) is 2.89. The first-order chi connectivity index (χ1) is 10.8. The van der Waals surface area contributed by atoms with Crippen LogP contribution in [0.1, 0.15) is 72.1 Å². The number of amides is 2. The molecule has 2 N–H and O–H groups in total. The quantitative estimate of drug-likeness (QED) is 0.818. The maximum atomic E-state index is 12.3. The van der Waals surface area contributed by atoms with Crippen LogP contribution in [-0.2, 0) is 9.59 Å². The Kier molecular flexibility index (Phi) is 4.45. The molecule has 3 aliphatic carbocycles. The minimum atomic E-state index is 0.0892. The first-order valence-corrected chi connectivity index (χ1v) is 9.41. The number of carbonyl (C=O) groups excluding carboxylic acids is 2. The van der Waals surface area contributed by atoms with Gasteiger partial charge in [-0.3, -0.25) is 9.59 Å². The van der Waals surface area contributed by atoms with Crippen LogP contribution in [0.5, 0.6) is 0 Å². The largest absolute Gasteiger partial charge is 0.355 e. The summed E-state index contributed by atoms with van der Waals surface area (Å²) in [5.74, 6) is 1.15. The molecule has 0 saturated heterocycles. The van der Waals surface area contributed by atoms with Crippen molar-refractivity contribution < 1.29 is 9.59 Å². The molecular weight excluding hydrogens is 288 g/mol. The normalized spacial score (nSPS) is 35.4. The number of fused-ring (bicyclic) bond motifs is 2. The highest BCUT2D eigenvalue weighted by Crippen LogP contribution is 2.65. The summed E-state index contributed by atoms with van der Waals surface area (Å²) < 4.78 is 0. The van der Waals surface area contributed by atoms with E-state index < -0.39 is 0 Å². The van der Waals surface area contributed by atoms with E-state index in [2.05, 4.69) is 31.4 Å². The molecule has 0 radical (unpaired) electrons. The minimum absolute atomic E-state index is 0.0892. The van der Waals surface area contributed by atoms with Gasteiger partial charge in [-0.15, -0.1) is 0 Å². The van der Waals surface area contributed by atoms with E-state index in [4.69, 9.17) is 0 Å². The van der Waals surface area contributed by atoms with E-state index in [0.717, 1.165) is 38.0 Å². The lowest BCUT2D eigenvalue weighted by Gasteiger charge is -2.39. The lowest BCUT2D eigenvalue weighted by molar-refractivity contribution is -0.125. The van der Waals surface area contributed by atoms with Crippen LogP contribution >= 0.6 is 0 Å². The lowest BCUT2D eigenvalue weighted by Crippen LogP contribution is -2.47. The van der Waals surface area contributed by atoms with Crippen LogP contribution in [0, 0.1) is 22.7 Å². The van der Waals surface area contributed by atoms with Crippen molar-refractivity contribution in [1.29, 1.82) is 0 Å². The van der Waals surface area contributed by atoms with Gasteiger partial charge in [0.1, 0.15) is 0 Å². The van der Waals surface area contributed by atoms with E-state index in [9.17, 15) is 9.59 Å². The Morgan fingerprint density at radius 1 is 1.09 bits per heavy atom. The van der Waals surface area contributed by atoms with Crippen LogP contribution in [0.2, 0.25) is 0 Å². The minimum Gasteiger partial charge on any atom is -0.355 e. The molecule has 0 aliphatic heterocycles. The maximum absolute atomic E-state index is 12.3. The Balaban J connectivity index is 1.43. The fourth-order valence-corrected chi connectivity index (χ4v) is 5.32. The van der Waals surface area contributed by atoms with Crippen LogP contribution in [-0.4, -0.2) is 24.4 Å². The van der Waals surface area contributed by atoms with Crippen molar-refractivity contribution >= 4 is 11.8 Å². The Labute approximate surface area is 140 Å². The van der Waals surface area contributed by atoms with Crippen LogP contribution < -0.4 is 10.6 Å². The molecule has 4 nitrogen and oxygen atoms in total. The average molecular weight is 320 g/mol. The van der Waals surface area contributed by atoms with Gasteiger partial charge >= 0.3 is 0 Å². The number of hydrogen-bond acceptors (Lipinski definition) is 2. The van der Waals surface area contributed by atoms with Gasteiger partial charge in [-0.25, -0.2) is 0 Å². The smallest absolute Gasteiger partial charge is 0.223 e. The van der Waals surface area contributed by atoms with Crippen molar-refractivity contribution in [3.63, 3.8) is 0 Å². The molecule has 3 atom stereocenters. The molecule has 23 heavy (non-hydrogen) atoms. The molecule has 2 bridgehead atoms. The third-order valence-electron chi connectivity index (χ3n) is 7.51.